The van der Waals surface area contributed by atoms with E-state index in [1.165, 1.54) is 18.4 Å². The average molecular weight is 251 g/mol. The minimum Gasteiger partial charge on any atom is -0.316 e. The zero-order valence-electron chi connectivity index (χ0n) is 12.7. The van der Waals surface area contributed by atoms with Gasteiger partial charge in [0.2, 0.25) is 0 Å². The molecule has 1 rings (SSSR count). The normalized spacial score (nSPS) is 12.3. The standard InChI is InChI=1S/C15H29N3/c1-6-15(7-2,12-16-9-13(3)4)8-14-10-17-18(5)11-14/h10-11,13,16H,6-9,12H2,1-5H3. The van der Waals surface area contributed by atoms with Crippen LogP contribution in [-0.2, 0) is 13.5 Å². The van der Waals surface area contributed by atoms with Crippen molar-refractivity contribution in [2.45, 2.75) is 47.0 Å². The Morgan fingerprint density at radius 1 is 1.33 bits per heavy atom. The van der Waals surface area contributed by atoms with Crippen LogP contribution in [0, 0.1) is 11.3 Å². The number of aryl methyl sites for hydroxylation is 1. The van der Waals surface area contributed by atoms with E-state index in [1.807, 2.05) is 17.9 Å². The fourth-order valence-electron chi connectivity index (χ4n) is 2.43. The molecule has 0 spiro atoms. The average Bonchev–Trinajstić information content (AvgIpc) is 2.73. The van der Waals surface area contributed by atoms with Crippen LogP contribution in [0.15, 0.2) is 12.4 Å². The molecule has 0 saturated carbocycles. The third kappa shape index (κ3) is 4.45. The van der Waals surface area contributed by atoms with Gasteiger partial charge < -0.3 is 5.32 Å². The van der Waals surface area contributed by atoms with Crippen molar-refractivity contribution in [2.24, 2.45) is 18.4 Å². The first-order valence-corrected chi connectivity index (χ1v) is 7.19. The van der Waals surface area contributed by atoms with E-state index in [0.29, 0.717) is 5.41 Å². The summed E-state index contributed by atoms with van der Waals surface area (Å²) in [6, 6.07) is 0. The molecule has 0 aliphatic rings. The van der Waals surface area contributed by atoms with Gasteiger partial charge in [0.05, 0.1) is 6.20 Å². The van der Waals surface area contributed by atoms with Crippen LogP contribution < -0.4 is 5.32 Å². The third-order valence-corrected chi connectivity index (χ3v) is 3.89. The predicted molar refractivity (Wildman–Crippen MR) is 77.6 cm³/mol. The molecule has 1 aromatic heterocycles. The van der Waals surface area contributed by atoms with Crippen LogP contribution in [0.4, 0.5) is 0 Å². The number of nitrogens with one attached hydrogen (secondary N) is 1. The second-order valence-corrected chi connectivity index (χ2v) is 5.93. The summed E-state index contributed by atoms with van der Waals surface area (Å²) >= 11 is 0. The molecular weight excluding hydrogens is 222 g/mol. The molecular formula is C15H29N3. The summed E-state index contributed by atoms with van der Waals surface area (Å²) in [5.41, 5.74) is 1.73. The molecule has 0 aliphatic heterocycles. The van der Waals surface area contributed by atoms with Crippen LogP contribution in [-0.4, -0.2) is 22.9 Å². The maximum absolute atomic E-state index is 4.27. The molecule has 1 N–H and O–H groups in total. The Balaban J connectivity index is 2.61. The molecule has 0 bridgehead atoms. The van der Waals surface area contributed by atoms with Crippen molar-refractivity contribution >= 4 is 0 Å². The summed E-state index contributed by atoms with van der Waals surface area (Å²) in [4.78, 5) is 0. The lowest BCUT2D eigenvalue weighted by molar-refractivity contribution is 0.243. The van der Waals surface area contributed by atoms with Gasteiger partial charge in [0.15, 0.2) is 0 Å². The summed E-state index contributed by atoms with van der Waals surface area (Å²) in [7, 11) is 1.99. The first-order valence-electron chi connectivity index (χ1n) is 7.19. The van der Waals surface area contributed by atoms with Crippen LogP contribution in [0.5, 0.6) is 0 Å². The van der Waals surface area contributed by atoms with E-state index in [2.05, 4.69) is 44.3 Å². The molecule has 0 amide bonds. The number of nitrogens with zero attached hydrogens (tertiary/aromatic N) is 2. The number of hydrogen-bond donors (Lipinski definition) is 1. The minimum absolute atomic E-state index is 0.373. The maximum atomic E-state index is 4.27. The Bertz CT molecular complexity index is 337. The van der Waals surface area contributed by atoms with Crippen molar-refractivity contribution in [3.63, 3.8) is 0 Å². The van der Waals surface area contributed by atoms with Crippen molar-refractivity contribution in [1.29, 1.82) is 0 Å². The molecule has 0 fully saturated rings. The fraction of sp³-hybridized carbons (Fsp3) is 0.800. The largest absolute Gasteiger partial charge is 0.316 e. The van der Waals surface area contributed by atoms with Crippen LogP contribution in [0.2, 0.25) is 0 Å². The quantitative estimate of drug-likeness (QED) is 0.769. The van der Waals surface area contributed by atoms with Gasteiger partial charge in [-0.15, -0.1) is 0 Å². The van der Waals surface area contributed by atoms with E-state index < -0.39 is 0 Å². The van der Waals surface area contributed by atoms with Crippen LogP contribution in [0.1, 0.15) is 46.1 Å². The Labute approximate surface area is 112 Å². The summed E-state index contributed by atoms with van der Waals surface area (Å²) in [6.07, 6.45) is 7.69. The molecule has 1 aromatic rings. The lowest BCUT2D eigenvalue weighted by atomic mass is 9.77. The van der Waals surface area contributed by atoms with Gasteiger partial charge in [-0.1, -0.05) is 27.7 Å². The van der Waals surface area contributed by atoms with E-state index in [-0.39, 0.29) is 0 Å². The molecule has 0 radical (unpaired) electrons. The second kappa shape index (κ2) is 6.93. The SMILES string of the molecule is CCC(CC)(CNCC(C)C)Cc1cnn(C)c1. The zero-order valence-corrected chi connectivity index (χ0v) is 12.7. The van der Waals surface area contributed by atoms with Crippen molar-refractivity contribution in [1.82, 2.24) is 15.1 Å². The summed E-state index contributed by atoms with van der Waals surface area (Å²) < 4.78 is 1.90. The van der Waals surface area contributed by atoms with Crippen molar-refractivity contribution < 1.29 is 0 Å². The molecule has 1 heterocycles. The zero-order chi connectivity index (χ0) is 13.6. The van der Waals surface area contributed by atoms with E-state index in [1.54, 1.807) is 0 Å². The van der Waals surface area contributed by atoms with Crippen LogP contribution in [0.3, 0.4) is 0 Å². The first kappa shape index (κ1) is 15.2. The monoisotopic (exact) mass is 251 g/mol. The molecule has 0 atom stereocenters. The lowest BCUT2D eigenvalue weighted by Gasteiger charge is -2.32. The van der Waals surface area contributed by atoms with E-state index in [4.69, 9.17) is 0 Å². The van der Waals surface area contributed by atoms with Crippen molar-refractivity contribution in [2.75, 3.05) is 13.1 Å². The van der Waals surface area contributed by atoms with Gasteiger partial charge >= 0.3 is 0 Å². The Kier molecular flexibility index (Phi) is 5.86. The van der Waals surface area contributed by atoms with Crippen molar-refractivity contribution in [3.05, 3.63) is 18.0 Å². The Morgan fingerprint density at radius 3 is 2.44 bits per heavy atom. The van der Waals surface area contributed by atoms with Gasteiger partial charge in [-0.2, -0.15) is 5.10 Å². The Morgan fingerprint density at radius 2 is 2.00 bits per heavy atom. The third-order valence-electron chi connectivity index (χ3n) is 3.89. The first-order chi connectivity index (χ1) is 8.51. The Hall–Kier alpha value is -0.830. The van der Waals surface area contributed by atoms with Crippen molar-refractivity contribution in [3.8, 4) is 0 Å². The van der Waals surface area contributed by atoms with Gasteiger partial charge in [0.25, 0.3) is 0 Å². The molecule has 0 aromatic carbocycles. The molecule has 3 nitrogen and oxygen atoms in total. The smallest absolute Gasteiger partial charge is 0.0521 e. The fourth-order valence-corrected chi connectivity index (χ4v) is 2.43. The van der Waals surface area contributed by atoms with Crippen LogP contribution in [0.25, 0.3) is 0 Å². The molecule has 3 heteroatoms. The number of aromatic nitrogens is 2. The minimum atomic E-state index is 0.373. The van der Waals surface area contributed by atoms with Crippen LogP contribution >= 0.6 is 0 Å². The highest BCUT2D eigenvalue weighted by atomic mass is 15.2. The second-order valence-electron chi connectivity index (χ2n) is 5.93. The van der Waals surface area contributed by atoms with Gasteiger partial charge in [0, 0.05) is 19.8 Å². The molecule has 0 aliphatic carbocycles. The number of rotatable bonds is 8. The molecule has 0 saturated heterocycles. The molecule has 18 heavy (non-hydrogen) atoms. The van der Waals surface area contributed by atoms with Gasteiger partial charge in [-0.3, -0.25) is 4.68 Å². The highest BCUT2D eigenvalue weighted by molar-refractivity contribution is 5.07. The summed E-state index contributed by atoms with van der Waals surface area (Å²) in [5, 5.41) is 7.90. The van der Waals surface area contributed by atoms with E-state index >= 15 is 0 Å². The highest BCUT2D eigenvalue weighted by Gasteiger charge is 2.26. The summed E-state index contributed by atoms with van der Waals surface area (Å²) in [6.45, 7) is 11.3. The van der Waals surface area contributed by atoms with Gasteiger partial charge in [-0.05, 0) is 42.7 Å². The molecule has 104 valence electrons. The maximum Gasteiger partial charge on any atom is 0.0521 e. The highest BCUT2D eigenvalue weighted by Crippen LogP contribution is 2.30. The lowest BCUT2D eigenvalue weighted by Crippen LogP contribution is -2.36. The van der Waals surface area contributed by atoms with E-state index in [9.17, 15) is 0 Å². The predicted octanol–water partition coefficient (Wildman–Crippen LogP) is 3.01. The van der Waals surface area contributed by atoms with Gasteiger partial charge in [0.1, 0.15) is 0 Å². The molecule has 0 unspecified atom stereocenters. The van der Waals surface area contributed by atoms with Gasteiger partial charge in [-0.25, -0.2) is 0 Å². The summed E-state index contributed by atoms with van der Waals surface area (Å²) in [5.74, 6) is 0.717. The topological polar surface area (TPSA) is 29.9 Å². The number of hydrogen-bond acceptors (Lipinski definition) is 2. The van der Waals surface area contributed by atoms with E-state index in [0.717, 1.165) is 25.4 Å².